The molecule has 2 aromatic carbocycles. The van der Waals surface area contributed by atoms with Gasteiger partial charge in [-0.25, -0.2) is 4.79 Å². The number of carbonyl (C=O) groups excluding carboxylic acids is 1. The van der Waals surface area contributed by atoms with Crippen LogP contribution in [0.1, 0.15) is 95.6 Å². The Balaban J connectivity index is 1.30. The number of rotatable bonds is 17. The van der Waals surface area contributed by atoms with Crippen molar-refractivity contribution in [1.82, 2.24) is 0 Å². The third-order valence-electron chi connectivity index (χ3n) is 8.21. The largest absolute Gasteiger partial charge is 0.462 e. The maximum Gasteiger partial charge on any atom is 0.333 e. The SMILES string of the molecule is C=C(CC)C(=O)OCC(CO)CCCOC1CCC(CCc2ccc3cc(CCCCC)ccc3c2)CC1. The Morgan fingerprint density at radius 2 is 1.66 bits per heavy atom. The molecule has 0 aromatic heterocycles. The van der Waals surface area contributed by atoms with Crippen molar-refractivity contribution < 1.29 is 19.4 Å². The van der Waals surface area contributed by atoms with Crippen LogP contribution in [0.15, 0.2) is 48.6 Å². The second kappa shape index (κ2) is 16.7. The lowest BCUT2D eigenvalue weighted by molar-refractivity contribution is -0.141. The molecule has 1 unspecified atom stereocenters. The minimum Gasteiger partial charge on any atom is -0.462 e. The number of aryl methyl sites for hydroxylation is 2. The molecule has 0 bridgehead atoms. The van der Waals surface area contributed by atoms with Crippen molar-refractivity contribution in [3.05, 3.63) is 59.7 Å². The average Bonchev–Trinajstić information content (AvgIpc) is 2.95. The van der Waals surface area contributed by atoms with Gasteiger partial charge in [0.25, 0.3) is 0 Å². The van der Waals surface area contributed by atoms with E-state index in [0.29, 0.717) is 24.7 Å². The lowest BCUT2D eigenvalue weighted by Crippen LogP contribution is -2.23. The minimum absolute atomic E-state index is 0.0221. The maximum absolute atomic E-state index is 11.8. The Kier molecular flexibility index (Phi) is 13.4. The van der Waals surface area contributed by atoms with Crippen LogP contribution in [0, 0.1) is 11.8 Å². The molecule has 0 heterocycles. The first-order valence-electron chi connectivity index (χ1n) is 15.1. The van der Waals surface area contributed by atoms with E-state index in [-0.39, 0.29) is 25.1 Å². The van der Waals surface area contributed by atoms with Gasteiger partial charge in [0.15, 0.2) is 0 Å². The lowest BCUT2D eigenvalue weighted by Gasteiger charge is -2.29. The number of esters is 1. The van der Waals surface area contributed by atoms with Gasteiger partial charge in [-0.15, -0.1) is 0 Å². The third-order valence-corrected chi connectivity index (χ3v) is 8.21. The summed E-state index contributed by atoms with van der Waals surface area (Å²) in [5, 5.41) is 12.3. The van der Waals surface area contributed by atoms with Crippen molar-refractivity contribution >= 4 is 16.7 Å². The van der Waals surface area contributed by atoms with Gasteiger partial charge in [-0.2, -0.15) is 0 Å². The lowest BCUT2D eigenvalue weighted by atomic mass is 9.83. The van der Waals surface area contributed by atoms with Gasteiger partial charge in [0.1, 0.15) is 0 Å². The van der Waals surface area contributed by atoms with E-state index in [2.05, 4.69) is 49.9 Å². The third kappa shape index (κ3) is 10.2. The summed E-state index contributed by atoms with van der Waals surface area (Å²) < 4.78 is 11.4. The van der Waals surface area contributed by atoms with Crippen LogP contribution in [0.3, 0.4) is 0 Å². The predicted octanol–water partition coefficient (Wildman–Crippen LogP) is 7.98. The summed E-state index contributed by atoms with van der Waals surface area (Å²) in [6, 6.07) is 14.0. The number of hydrogen-bond acceptors (Lipinski definition) is 4. The molecule has 0 amide bonds. The Bertz CT molecular complexity index is 989. The fourth-order valence-electron chi connectivity index (χ4n) is 5.48. The van der Waals surface area contributed by atoms with Crippen LogP contribution >= 0.6 is 0 Å². The molecule has 38 heavy (non-hydrogen) atoms. The Labute approximate surface area is 230 Å². The zero-order valence-electron chi connectivity index (χ0n) is 23.9. The van der Waals surface area contributed by atoms with Crippen LogP contribution in [0.25, 0.3) is 10.8 Å². The zero-order valence-corrected chi connectivity index (χ0v) is 23.9. The molecule has 1 aliphatic rings. The molecule has 2 aromatic rings. The molecule has 210 valence electrons. The van der Waals surface area contributed by atoms with Gasteiger partial charge in [0.2, 0.25) is 0 Å². The average molecular weight is 523 g/mol. The normalized spacial score (nSPS) is 18.4. The van der Waals surface area contributed by atoms with Gasteiger partial charge >= 0.3 is 5.97 Å². The molecule has 0 radical (unpaired) electrons. The van der Waals surface area contributed by atoms with Crippen molar-refractivity contribution in [2.24, 2.45) is 11.8 Å². The summed E-state index contributed by atoms with van der Waals surface area (Å²) in [6.07, 6.45) is 14.9. The quantitative estimate of drug-likeness (QED) is 0.130. The smallest absolute Gasteiger partial charge is 0.333 e. The van der Waals surface area contributed by atoms with Crippen molar-refractivity contribution in [3.63, 3.8) is 0 Å². The molecular formula is C34H50O4. The molecule has 3 rings (SSSR count). The summed E-state index contributed by atoms with van der Waals surface area (Å²) in [4.78, 5) is 11.8. The molecular weight excluding hydrogens is 472 g/mol. The zero-order chi connectivity index (χ0) is 27.2. The Morgan fingerprint density at radius 1 is 0.974 bits per heavy atom. The second-order valence-corrected chi connectivity index (χ2v) is 11.3. The summed E-state index contributed by atoms with van der Waals surface area (Å²) in [6.45, 7) is 8.82. The van der Waals surface area contributed by atoms with Crippen LogP contribution in [0.4, 0.5) is 0 Å². The minimum atomic E-state index is -0.355. The molecule has 1 saturated carbocycles. The number of fused-ring (bicyclic) bond motifs is 1. The number of aliphatic hydroxyl groups excluding tert-OH is 1. The van der Waals surface area contributed by atoms with Crippen molar-refractivity contribution in [2.75, 3.05) is 19.8 Å². The maximum atomic E-state index is 11.8. The Hall–Kier alpha value is -2.17. The van der Waals surface area contributed by atoms with Gasteiger partial charge in [-0.1, -0.05) is 69.7 Å². The van der Waals surface area contributed by atoms with Gasteiger partial charge in [0.05, 0.1) is 12.7 Å². The van der Waals surface area contributed by atoms with E-state index < -0.39 is 0 Å². The first-order valence-corrected chi connectivity index (χ1v) is 15.1. The highest BCUT2D eigenvalue weighted by atomic mass is 16.5. The van der Waals surface area contributed by atoms with E-state index in [1.165, 1.54) is 66.8 Å². The van der Waals surface area contributed by atoms with Gasteiger partial charge < -0.3 is 14.6 Å². The number of ether oxygens (including phenoxy) is 2. The number of aliphatic hydroxyl groups is 1. The van der Waals surface area contributed by atoms with Crippen molar-refractivity contribution in [2.45, 2.75) is 103 Å². The van der Waals surface area contributed by atoms with Crippen LogP contribution in [0.2, 0.25) is 0 Å². The van der Waals surface area contributed by atoms with Crippen LogP contribution in [0.5, 0.6) is 0 Å². The summed E-state index contributed by atoms with van der Waals surface area (Å²) >= 11 is 0. The van der Waals surface area contributed by atoms with E-state index in [1.807, 2.05) is 6.92 Å². The number of benzene rings is 2. The molecule has 4 heteroatoms. The molecule has 0 aliphatic heterocycles. The fourth-order valence-corrected chi connectivity index (χ4v) is 5.48. The Morgan fingerprint density at radius 3 is 2.29 bits per heavy atom. The molecule has 1 aliphatic carbocycles. The highest BCUT2D eigenvalue weighted by Gasteiger charge is 2.22. The molecule has 1 atom stereocenters. The highest BCUT2D eigenvalue weighted by molar-refractivity contribution is 5.87. The van der Waals surface area contributed by atoms with E-state index >= 15 is 0 Å². The van der Waals surface area contributed by atoms with E-state index in [0.717, 1.165) is 38.0 Å². The second-order valence-electron chi connectivity index (χ2n) is 11.3. The van der Waals surface area contributed by atoms with Crippen molar-refractivity contribution in [1.29, 1.82) is 0 Å². The number of unbranched alkanes of at least 4 members (excludes halogenated alkanes) is 2. The first-order chi connectivity index (χ1) is 18.5. The van der Waals surface area contributed by atoms with E-state index in [4.69, 9.17) is 9.47 Å². The number of carbonyl (C=O) groups is 1. The molecule has 1 N–H and O–H groups in total. The molecule has 4 nitrogen and oxygen atoms in total. The summed E-state index contributed by atoms with van der Waals surface area (Å²) in [5.74, 6) is 0.398. The molecule has 1 fully saturated rings. The van der Waals surface area contributed by atoms with Crippen LogP contribution < -0.4 is 0 Å². The van der Waals surface area contributed by atoms with E-state index in [9.17, 15) is 9.90 Å². The molecule has 0 spiro atoms. The topological polar surface area (TPSA) is 55.8 Å². The van der Waals surface area contributed by atoms with Gasteiger partial charge in [-0.3, -0.25) is 0 Å². The van der Waals surface area contributed by atoms with Crippen molar-refractivity contribution in [3.8, 4) is 0 Å². The monoisotopic (exact) mass is 522 g/mol. The van der Waals surface area contributed by atoms with Gasteiger partial charge in [-0.05, 0) is 98.4 Å². The fraction of sp³-hybridized carbons (Fsp3) is 0.618. The van der Waals surface area contributed by atoms with Crippen LogP contribution in [-0.4, -0.2) is 37.0 Å². The predicted molar refractivity (Wildman–Crippen MR) is 157 cm³/mol. The summed E-state index contributed by atoms with van der Waals surface area (Å²) in [7, 11) is 0. The summed E-state index contributed by atoms with van der Waals surface area (Å²) in [5.41, 5.74) is 3.40. The highest BCUT2D eigenvalue weighted by Crippen LogP contribution is 2.30. The first kappa shape index (κ1) is 30.4. The van der Waals surface area contributed by atoms with E-state index in [1.54, 1.807) is 0 Å². The van der Waals surface area contributed by atoms with Gasteiger partial charge in [0, 0.05) is 24.7 Å². The van der Waals surface area contributed by atoms with Crippen LogP contribution in [-0.2, 0) is 27.1 Å². The number of hydrogen-bond donors (Lipinski definition) is 1. The molecule has 0 saturated heterocycles. The standard InChI is InChI=1S/C34H50O4/c1-4-6-7-9-28-13-17-32-23-29(14-18-31(32)22-28)12-11-27-15-19-33(20-16-27)37-21-8-10-30(24-35)25-38-34(36)26(3)5-2/h13-14,17-18,22-23,27,30,33,35H,3-12,15-16,19-21,24-25H2,1-2H3.